The number of hydrogen-bond acceptors (Lipinski definition) is 10. The Balaban J connectivity index is 2.17. The van der Waals surface area contributed by atoms with Crippen LogP contribution < -0.4 is 0 Å². The van der Waals surface area contributed by atoms with E-state index in [-0.39, 0.29) is 11.1 Å². The molecule has 2 aliphatic heterocycles. The Labute approximate surface area is 195 Å². The number of halogens is 1. The van der Waals surface area contributed by atoms with Crippen molar-refractivity contribution in [2.24, 2.45) is 5.92 Å². The van der Waals surface area contributed by atoms with Gasteiger partial charge >= 0.3 is 23.9 Å². The summed E-state index contributed by atoms with van der Waals surface area (Å²) in [6.07, 6.45) is -2.09. The highest BCUT2D eigenvalue weighted by Gasteiger charge is 2.65. The fourth-order valence-corrected chi connectivity index (χ4v) is 4.29. The summed E-state index contributed by atoms with van der Waals surface area (Å²) in [6, 6.07) is 0. The van der Waals surface area contributed by atoms with E-state index in [4.69, 9.17) is 35.3 Å². The average Bonchev–Trinajstić information content (AvgIpc) is 3.34. The molecule has 182 valence electrons. The lowest BCUT2D eigenvalue weighted by Crippen LogP contribution is -2.51. The first-order chi connectivity index (χ1) is 15.4. The van der Waals surface area contributed by atoms with E-state index in [1.807, 2.05) is 6.92 Å². The van der Waals surface area contributed by atoms with Gasteiger partial charge in [-0.2, -0.15) is 0 Å². The van der Waals surface area contributed by atoms with Crippen LogP contribution in [0, 0.1) is 5.92 Å². The lowest BCUT2D eigenvalue weighted by molar-refractivity contribution is -0.183. The quantitative estimate of drug-likeness (QED) is 0.196. The minimum absolute atomic E-state index is 0.0527. The first-order valence-corrected chi connectivity index (χ1v) is 10.9. The van der Waals surface area contributed by atoms with E-state index in [0.29, 0.717) is 12.8 Å². The first-order valence-electron chi connectivity index (χ1n) is 10.4. The zero-order chi connectivity index (χ0) is 24.7. The average molecular weight is 487 g/mol. The number of carbonyl (C=O) groups is 4. The molecule has 0 spiro atoms. The second kappa shape index (κ2) is 9.08. The number of epoxide rings is 1. The van der Waals surface area contributed by atoms with Crippen LogP contribution in [0.2, 0.25) is 0 Å². The third-order valence-corrected chi connectivity index (χ3v) is 6.64. The number of rotatable bonds is 5. The van der Waals surface area contributed by atoms with Gasteiger partial charge in [-0.15, -0.1) is 11.6 Å². The monoisotopic (exact) mass is 486 g/mol. The summed E-state index contributed by atoms with van der Waals surface area (Å²) in [4.78, 5) is 50.0. The smallest absolute Gasteiger partial charge is 0.339 e. The van der Waals surface area contributed by atoms with Crippen molar-refractivity contribution in [1.82, 2.24) is 0 Å². The van der Waals surface area contributed by atoms with Gasteiger partial charge in [-0.3, -0.25) is 4.79 Å². The summed E-state index contributed by atoms with van der Waals surface area (Å²) in [5, 5.41) is 10.3. The molecule has 11 heteroatoms. The maximum atomic E-state index is 12.8. The molecular formula is C22H27ClO10. The van der Waals surface area contributed by atoms with Crippen molar-refractivity contribution in [3.05, 3.63) is 23.8 Å². The van der Waals surface area contributed by atoms with E-state index < -0.39 is 71.3 Å². The standard InChI is InChI=1S/C22H27ClO10/c1-10-13-15(32-20(27)21(3,28)9-23)14(30-11(2)24)12(19(26)29-5)7-6-8-22(4)17(33-22)16(13)31-18(10)25/h7,13-17,28H,1,6,8-9H2,2-5H3. The lowest BCUT2D eigenvalue weighted by atomic mass is 9.80. The third kappa shape index (κ3) is 4.78. The van der Waals surface area contributed by atoms with Gasteiger partial charge in [0.25, 0.3) is 0 Å². The number of ether oxygens (including phenoxy) is 5. The van der Waals surface area contributed by atoms with Crippen molar-refractivity contribution < 1.29 is 48.0 Å². The molecule has 7 unspecified atom stereocenters. The van der Waals surface area contributed by atoms with Crippen LogP contribution in [0.3, 0.4) is 0 Å². The highest BCUT2D eigenvalue weighted by Crippen LogP contribution is 2.50. The second-order valence-corrected chi connectivity index (χ2v) is 9.04. The molecule has 2 saturated heterocycles. The molecule has 0 aromatic rings. The lowest BCUT2D eigenvalue weighted by Gasteiger charge is -2.35. The molecule has 2 heterocycles. The molecule has 0 amide bonds. The highest BCUT2D eigenvalue weighted by atomic mass is 35.5. The molecule has 0 saturated carbocycles. The van der Waals surface area contributed by atoms with Crippen LogP contribution in [-0.4, -0.2) is 77.6 Å². The Bertz CT molecular complexity index is 909. The van der Waals surface area contributed by atoms with Crippen molar-refractivity contribution >= 4 is 35.5 Å². The molecular weight excluding hydrogens is 460 g/mol. The van der Waals surface area contributed by atoms with Crippen LogP contribution in [0.1, 0.15) is 33.6 Å². The van der Waals surface area contributed by atoms with Gasteiger partial charge in [-0.1, -0.05) is 12.7 Å². The highest BCUT2D eigenvalue weighted by molar-refractivity contribution is 6.20. The molecule has 2 fully saturated rings. The Kier molecular flexibility index (Phi) is 6.93. The van der Waals surface area contributed by atoms with Crippen molar-refractivity contribution in [2.45, 2.75) is 69.2 Å². The molecule has 7 atom stereocenters. The van der Waals surface area contributed by atoms with Gasteiger partial charge in [0.2, 0.25) is 0 Å². The third-order valence-electron chi connectivity index (χ3n) is 6.12. The molecule has 0 radical (unpaired) electrons. The molecule has 33 heavy (non-hydrogen) atoms. The number of hydrogen-bond donors (Lipinski definition) is 1. The molecule has 3 rings (SSSR count). The maximum absolute atomic E-state index is 12.8. The van der Waals surface area contributed by atoms with E-state index in [9.17, 15) is 24.3 Å². The number of aliphatic hydroxyl groups is 1. The van der Waals surface area contributed by atoms with E-state index in [0.717, 1.165) is 21.0 Å². The summed E-state index contributed by atoms with van der Waals surface area (Å²) in [5.41, 5.74) is -2.90. The Morgan fingerprint density at radius 3 is 2.61 bits per heavy atom. The predicted octanol–water partition coefficient (Wildman–Crippen LogP) is 0.968. The zero-order valence-corrected chi connectivity index (χ0v) is 19.5. The largest absolute Gasteiger partial charge is 0.466 e. The van der Waals surface area contributed by atoms with Gasteiger partial charge in [-0.05, 0) is 26.7 Å². The van der Waals surface area contributed by atoms with Gasteiger partial charge < -0.3 is 28.8 Å². The van der Waals surface area contributed by atoms with Crippen molar-refractivity contribution in [3.8, 4) is 0 Å². The molecule has 3 aliphatic rings. The summed E-state index contributed by atoms with van der Waals surface area (Å²) in [6.45, 7) is 7.87. The van der Waals surface area contributed by atoms with Gasteiger partial charge in [0, 0.05) is 12.5 Å². The van der Waals surface area contributed by atoms with Gasteiger partial charge in [0.1, 0.15) is 12.2 Å². The topological polar surface area (TPSA) is 138 Å². The van der Waals surface area contributed by atoms with Crippen LogP contribution in [0.25, 0.3) is 0 Å². The Morgan fingerprint density at radius 1 is 1.36 bits per heavy atom. The molecule has 1 N–H and O–H groups in total. The summed E-state index contributed by atoms with van der Waals surface area (Å²) in [7, 11) is 1.15. The van der Waals surface area contributed by atoms with Gasteiger partial charge in [0.05, 0.1) is 30.1 Å². The predicted molar refractivity (Wildman–Crippen MR) is 112 cm³/mol. The SMILES string of the molecule is C=C1C(=O)OC2C1C(OC(=O)C(C)(O)CCl)C(OC(C)=O)C(C(=O)OC)=CCCC1(C)OC21. The van der Waals surface area contributed by atoms with Crippen LogP contribution in [0.15, 0.2) is 23.8 Å². The number of alkyl halides is 1. The molecule has 1 aliphatic carbocycles. The molecule has 0 aromatic heterocycles. The summed E-state index contributed by atoms with van der Waals surface area (Å²) < 4.78 is 27.3. The Hall–Kier alpha value is -2.43. The number of allylic oxidation sites excluding steroid dienone is 1. The number of fused-ring (bicyclic) bond motifs is 3. The van der Waals surface area contributed by atoms with Crippen LogP contribution in [0.4, 0.5) is 0 Å². The van der Waals surface area contributed by atoms with E-state index in [1.165, 1.54) is 6.08 Å². The Morgan fingerprint density at radius 2 is 2.03 bits per heavy atom. The van der Waals surface area contributed by atoms with E-state index in [1.54, 1.807) is 0 Å². The van der Waals surface area contributed by atoms with Crippen molar-refractivity contribution in [2.75, 3.05) is 13.0 Å². The molecule has 0 aromatic carbocycles. The number of methoxy groups -OCH3 is 1. The number of esters is 4. The van der Waals surface area contributed by atoms with E-state index in [2.05, 4.69) is 6.58 Å². The van der Waals surface area contributed by atoms with E-state index >= 15 is 0 Å². The number of carbonyl (C=O) groups excluding carboxylic acids is 4. The van der Waals surface area contributed by atoms with Crippen LogP contribution >= 0.6 is 11.6 Å². The van der Waals surface area contributed by atoms with Gasteiger partial charge in [-0.25, -0.2) is 14.4 Å². The maximum Gasteiger partial charge on any atom is 0.339 e. The molecule has 0 bridgehead atoms. The van der Waals surface area contributed by atoms with Crippen molar-refractivity contribution in [3.63, 3.8) is 0 Å². The second-order valence-electron chi connectivity index (χ2n) is 8.77. The first kappa shape index (κ1) is 25.2. The minimum atomic E-state index is -2.10. The molecule has 10 nitrogen and oxygen atoms in total. The van der Waals surface area contributed by atoms with Crippen LogP contribution in [0.5, 0.6) is 0 Å². The van der Waals surface area contributed by atoms with Crippen molar-refractivity contribution in [1.29, 1.82) is 0 Å². The normalized spacial score (nSPS) is 35.1. The van der Waals surface area contributed by atoms with Gasteiger partial charge in [0.15, 0.2) is 17.8 Å². The summed E-state index contributed by atoms with van der Waals surface area (Å²) >= 11 is 5.71. The minimum Gasteiger partial charge on any atom is -0.466 e. The summed E-state index contributed by atoms with van der Waals surface area (Å²) in [5.74, 6) is -5.03. The van der Waals surface area contributed by atoms with Crippen LogP contribution in [-0.2, 0) is 42.9 Å². The fraction of sp³-hybridized carbons (Fsp3) is 0.636. The zero-order valence-electron chi connectivity index (χ0n) is 18.8. The fourth-order valence-electron chi connectivity index (χ4n) is 4.18.